The molecule has 1 aromatic rings. The predicted molar refractivity (Wildman–Crippen MR) is 62.0 cm³/mol. The molecule has 1 heterocycles. The number of aromatic carboxylic acids is 1. The maximum Gasteiger partial charge on any atom is 0.356 e. The topological polar surface area (TPSA) is 62.2 Å². The van der Waals surface area contributed by atoms with Gasteiger partial charge in [-0.25, -0.2) is 9.78 Å². The van der Waals surface area contributed by atoms with E-state index in [-0.39, 0.29) is 10.7 Å². The number of carbonyl (C=O) groups is 1. The quantitative estimate of drug-likeness (QED) is 0.849. The molecule has 2 rings (SSSR count). The average Bonchev–Trinajstić information content (AvgIpc) is 2.96. The number of anilines is 1. The Kier molecular flexibility index (Phi) is 2.76. The number of hydrogen-bond acceptors (Lipinski definition) is 3. The molecule has 1 aliphatic rings. The fraction of sp³-hybridized carbons (Fsp3) is 0.455. The van der Waals surface area contributed by atoms with E-state index in [0.29, 0.717) is 11.2 Å². The van der Waals surface area contributed by atoms with E-state index in [1.807, 2.05) is 0 Å². The Labute approximate surface area is 98.6 Å². The van der Waals surface area contributed by atoms with Gasteiger partial charge in [0.1, 0.15) is 5.82 Å². The molecule has 2 N–H and O–H groups in total. The van der Waals surface area contributed by atoms with Gasteiger partial charge in [0.05, 0.1) is 5.02 Å². The summed E-state index contributed by atoms with van der Waals surface area (Å²) in [4.78, 5) is 14.8. The number of halogens is 1. The minimum absolute atomic E-state index is 0.104. The Morgan fingerprint density at radius 3 is 2.88 bits per heavy atom. The van der Waals surface area contributed by atoms with Crippen LogP contribution in [-0.4, -0.2) is 22.6 Å². The molecular weight excluding hydrogens is 228 g/mol. The van der Waals surface area contributed by atoms with Crippen molar-refractivity contribution >= 4 is 23.4 Å². The van der Waals surface area contributed by atoms with Gasteiger partial charge in [0, 0.05) is 6.54 Å². The third-order valence-corrected chi connectivity index (χ3v) is 3.15. The van der Waals surface area contributed by atoms with Crippen LogP contribution in [0.1, 0.15) is 30.3 Å². The lowest BCUT2D eigenvalue weighted by Crippen LogP contribution is -2.13. The van der Waals surface area contributed by atoms with Crippen molar-refractivity contribution in [3.05, 3.63) is 22.8 Å². The molecule has 1 aromatic heterocycles. The van der Waals surface area contributed by atoms with Gasteiger partial charge in [-0.05, 0) is 30.4 Å². The third-order valence-electron chi connectivity index (χ3n) is 2.85. The maximum absolute atomic E-state index is 10.8. The van der Waals surface area contributed by atoms with Gasteiger partial charge in [0.25, 0.3) is 0 Å². The smallest absolute Gasteiger partial charge is 0.356 e. The van der Waals surface area contributed by atoms with Gasteiger partial charge in [-0.15, -0.1) is 0 Å². The van der Waals surface area contributed by atoms with Crippen LogP contribution >= 0.6 is 11.6 Å². The Balaban J connectivity index is 2.09. The summed E-state index contributed by atoms with van der Waals surface area (Å²) in [6.07, 6.45) is 2.42. The van der Waals surface area contributed by atoms with Crippen LogP contribution in [0.15, 0.2) is 12.1 Å². The number of hydrogen-bond donors (Lipinski definition) is 2. The fourth-order valence-corrected chi connectivity index (χ4v) is 1.57. The molecule has 0 radical (unpaired) electrons. The zero-order valence-electron chi connectivity index (χ0n) is 8.96. The highest BCUT2D eigenvalue weighted by Gasteiger charge is 2.36. The first-order valence-electron chi connectivity index (χ1n) is 5.14. The van der Waals surface area contributed by atoms with Gasteiger partial charge in [-0.3, -0.25) is 0 Å². The van der Waals surface area contributed by atoms with Crippen LogP contribution < -0.4 is 5.32 Å². The molecule has 5 heteroatoms. The molecule has 1 fully saturated rings. The Morgan fingerprint density at radius 1 is 1.62 bits per heavy atom. The SMILES string of the molecule is CC1(CNc2ccc(Cl)c(C(=O)O)n2)CC1. The number of pyridine rings is 1. The summed E-state index contributed by atoms with van der Waals surface area (Å²) in [5, 5.41) is 12.2. The first kappa shape index (κ1) is 11.2. The molecule has 0 aromatic carbocycles. The van der Waals surface area contributed by atoms with E-state index in [4.69, 9.17) is 16.7 Å². The minimum atomic E-state index is -1.11. The third kappa shape index (κ3) is 2.44. The van der Waals surface area contributed by atoms with E-state index in [1.54, 1.807) is 12.1 Å². The normalized spacial score (nSPS) is 16.9. The number of aromatic nitrogens is 1. The number of nitrogens with one attached hydrogen (secondary N) is 1. The monoisotopic (exact) mass is 240 g/mol. The van der Waals surface area contributed by atoms with Crippen LogP contribution in [0.5, 0.6) is 0 Å². The van der Waals surface area contributed by atoms with E-state index in [9.17, 15) is 4.79 Å². The predicted octanol–water partition coefficient (Wildman–Crippen LogP) is 2.65. The molecule has 0 spiro atoms. The van der Waals surface area contributed by atoms with Crippen LogP contribution in [0.3, 0.4) is 0 Å². The summed E-state index contributed by atoms with van der Waals surface area (Å²) >= 11 is 5.72. The molecule has 0 amide bonds. The van der Waals surface area contributed by atoms with Gasteiger partial charge < -0.3 is 10.4 Å². The van der Waals surface area contributed by atoms with Crippen molar-refractivity contribution in [3.63, 3.8) is 0 Å². The summed E-state index contributed by atoms with van der Waals surface area (Å²) < 4.78 is 0. The van der Waals surface area contributed by atoms with Crippen molar-refractivity contribution < 1.29 is 9.90 Å². The largest absolute Gasteiger partial charge is 0.476 e. The van der Waals surface area contributed by atoms with Crippen LogP contribution in [0, 0.1) is 5.41 Å². The maximum atomic E-state index is 10.8. The first-order valence-corrected chi connectivity index (χ1v) is 5.52. The van der Waals surface area contributed by atoms with Crippen LogP contribution in [0.2, 0.25) is 5.02 Å². The van der Waals surface area contributed by atoms with E-state index in [0.717, 1.165) is 6.54 Å². The van der Waals surface area contributed by atoms with Crippen molar-refractivity contribution in [1.82, 2.24) is 4.98 Å². The molecule has 0 aliphatic heterocycles. The number of carboxylic acids is 1. The molecule has 0 unspecified atom stereocenters. The van der Waals surface area contributed by atoms with Crippen LogP contribution in [0.4, 0.5) is 5.82 Å². The molecule has 1 saturated carbocycles. The summed E-state index contributed by atoms with van der Waals surface area (Å²) in [5.74, 6) is -0.541. The summed E-state index contributed by atoms with van der Waals surface area (Å²) in [6.45, 7) is 3.01. The van der Waals surface area contributed by atoms with Crippen molar-refractivity contribution in [3.8, 4) is 0 Å². The molecule has 0 bridgehead atoms. The van der Waals surface area contributed by atoms with Crippen molar-refractivity contribution in [2.75, 3.05) is 11.9 Å². The zero-order valence-corrected chi connectivity index (χ0v) is 9.71. The van der Waals surface area contributed by atoms with E-state index < -0.39 is 5.97 Å². The van der Waals surface area contributed by atoms with Crippen LogP contribution in [0.25, 0.3) is 0 Å². The highest BCUT2D eigenvalue weighted by atomic mass is 35.5. The van der Waals surface area contributed by atoms with E-state index >= 15 is 0 Å². The van der Waals surface area contributed by atoms with E-state index in [2.05, 4.69) is 17.2 Å². The summed E-state index contributed by atoms with van der Waals surface area (Å²) in [5.41, 5.74) is 0.248. The zero-order chi connectivity index (χ0) is 11.8. The molecule has 86 valence electrons. The van der Waals surface area contributed by atoms with Gasteiger partial charge in [-0.2, -0.15) is 0 Å². The molecule has 16 heavy (non-hydrogen) atoms. The summed E-state index contributed by atoms with van der Waals surface area (Å²) in [7, 11) is 0. The Bertz CT molecular complexity index is 430. The van der Waals surface area contributed by atoms with Crippen molar-refractivity contribution in [2.45, 2.75) is 19.8 Å². The molecule has 1 aliphatic carbocycles. The second-order valence-electron chi connectivity index (χ2n) is 4.50. The van der Waals surface area contributed by atoms with E-state index in [1.165, 1.54) is 12.8 Å². The molecule has 4 nitrogen and oxygen atoms in total. The lowest BCUT2D eigenvalue weighted by Gasteiger charge is -2.11. The molecular formula is C11H13ClN2O2. The lowest BCUT2D eigenvalue weighted by molar-refractivity contribution is 0.0691. The first-order chi connectivity index (χ1) is 7.50. The highest BCUT2D eigenvalue weighted by molar-refractivity contribution is 6.33. The number of rotatable bonds is 4. The van der Waals surface area contributed by atoms with Crippen LogP contribution in [-0.2, 0) is 0 Å². The minimum Gasteiger partial charge on any atom is -0.476 e. The second kappa shape index (κ2) is 3.94. The fourth-order valence-electron chi connectivity index (χ4n) is 1.38. The standard InChI is InChI=1S/C11H13ClN2O2/c1-11(4-5-11)6-13-8-3-2-7(12)9(14-8)10(15)16/h2-3H,4-6H2,1H3,(H,13,14)(H,15,16). The van der Waals surface area contributed by atoms with Gasteiger partial charge in [0.2, 0.25) is 0 Å². The molecule has 0 saturated heterocycles. The number of carboxylic acid groups (broad SMARTS) is 1. The average molecular weight is 241 g/mol. The van der Waals surface area contributed by atoms with Crippen molar-refractivity contribution in [1.29, 1.82) is 0 Å². The van der Waals surface area contributed by atoms with Crippen molar-refractivity contribution in [2.24, 2.45) is 5.41 Å². The number of nitrogens with zero attached hydrogens (tertiary/aromatic N) is 1. The lowest BCUT2D eigenvalue weighted by atomic mass is 10.1. The van der Waals surface area contributed by atoms with Gasteiger partial charge in [-0.1, -0.05) is 18.5 Å². The van der Waals surface area contributed by atoms with Gasteiger partial charge >= 0.3 is 5.97 Å². The van der Waals surface area contributed by atoms with Gasteiger partial charge in [0.15, 0.2) is 5.69 Å². The Hall–Kier alpha value is -1.29. The molecule has 0 atom stereocenters. The second-order valence-corrected chi connectivity index (χ2v) is 4.90. The highest BCUT2D eigenvalue weighted by Crippen LogP contribution is 2.44. The Morgan fingerprint density at radius 2 is 2.31 bits per heavy atom. The summed E-state index contributed by atoms with van der Waals surface area (Å²) in [6, 6.07) is 3.25.